The summed E-state index contributed by atoms with van der Waals surface area (Å²) in [5.74, 6) is 0.991. The molecule has 8 heteroatoms. The molecular formula is C26H28ClN5O2. The molecule has 0 bridgehead atoms. The highest BCUT2D eigenvalue weighted by Gasteiger charge is 2.34. The van der Waals surface area contributed by atoms with Gasteiger partial charge in [-0.15, -0.1) is 0 Å². The summed E-state index contributed by atoms with van der Waals surface area (Å²) in [5.41, 5.74) is 4.44. The van der Waals surface area contributed by atoms with Crippen molar-refractivity contribution in [2.24, 2.45) is 0 Å². The lowest BCUT2D eigenvalue weighted by molar-refractivity contribution is -0.133. The van der Waals surface area contributed by atoms with Gasteiger partial charge in [-0.25, -0.2) is 0 Å². The Labute approximate surface area is 203 Å². The van der Waals surface area contributed by atoms with E-state index in [0.717, 1.165) is 58.7 Å². The van der Waals surface area contributed by atoms with Crippen LogP contribution in [0, 0.1) is 0 Å². The Balaban J connectivity index is 1.39. The second-order valence-corrected chi connectivity index (χ2v) is 9.03. The Hall–Kier alpha value is -3.32. The monoisotopic (exact) mass is 477 g/mol. The molecule has 1 unspecified atom stereocenters. The van der Waals surface area contributed by atoms with Gasteiger partial charge in [-0.1, -0.05) is 30.7 Å². The van der Waals surface area contributed by atoms with Crippen LogP contribution >= 0.6 is 11.6 Å². The van der Waals surface area contributed by atoms with E-state index >= 15 is 0 Å². The van der Waals surface area contributed by atoms with Gasteiger partial charge in [-0.3, -0.25) is 4.79 Å². The van der Waals surface area contributed by atoms with Gasteiger partial charge in [-0.2, -0.15) is 15.0 Å². The van der Waals surface area contributed by atoms with Crippen LogP contribution in [0.3, 0.4) is 0 Å². The number of benzene rings is 2. The van der Waals surface area contributed by atoms with Crippen molar-refractivity contribution in [3.05, 3.63) is 76.7 Å². The molecule has 0 aliphatic carbocycles. The van der Waals surface area contributed by atoms with E-state index < -0.39 is 0 Å². The van der Waals surface area contributed by atoms with Crippen LogP contribution in [-0.2, 0) is 17.8 Å². The van der Waals surface area contributed by atoms with Gasteiger partial charge in [0, 0.05) is 41.0 Å². The zero-order chi connectivity index (χ0) is 23.5. The first-order valence-electron chi connectivity index (χ1n) is 11.8. The molecule has 1 aliphatic heterocycles. The molecular weight excluding hydrogens is 450 g/mol. The average Bonchev–Trinajstić information content (AvgIpc) is 3.49. The molecule has 1 N–H and O–H groups in total. The summed E-state index contributed by atoms with van der Waals surface area (Å²) >= 11 is 6.29. The van der Waals surface area contributed by atoms with E-state index in [9.17, 15) is 4.79 Å². The van der Waals surface area contributed by atoms with E-state index in [2.05, 4.69) is 27.3 Å². The first-order chi connectivity index (χ1) is 16.6. The number of aromatic nitrogens is 4. The third-order valence-electron chi connectivity index (χ3n) is 6.31. The maximum absolute atomic E-state index is 13.1. The van der Waals surface area contributed by atoms with Crippen LogP contribution in [0.2, 0.25) is 5.02 Å². The molecule has 0 spiro atoms. The van der Waals surface area contributed by atoms with Crippen molar-refractivity contribution in [3.8, 4) is 5.75 Å². The fraction of sp³-hybridized carbons (Fsp3) is 0.346. The Bertz CT molecular complexity index is 1270. The topological polar surface area (TPSA) is 76.0 Å². The van der Waals surface area contributed by atoms with Crippen molar-refractivity contribution >= 4 is 28.4 Å². The second-order valence-electron chi connectivity index (χ2n) is 8.59. The molecule has 1 aliphatic rings. The predicted molar refractivity (Wildman–Crippen MR) is 132 cm³/mol. The number of hydrogen-bond donors (Lipinski definition) is 1. The van der Waals surface area contributed by atoms with Gasteiger partial charge >= 0.3 is 0 Å². The maximum atomic E-state index is 13.1. The van der Waals surface area contributed by atoms with Crippen LogP contribution < -0.4 is 4.74 Å². The minimum atomic E-state index is -0.158. The number of hydrogen-bond acceptors (Lipinski definition) is 4. The molecule has 2 aromatic carbocycles. The van der Waals surface area contributed by atoms with Crippen LogP contribution in [0.1, 0.15) is 49.0 Å². The summed E-state index contributed by atoms with van der Waals surface area (Å²) in [4.78, 5) is 20.3. The van der Waals surface area contributed by atoms with Crippen molar-refractivity contribution in [3.63, 3.8) is 0 Å². The van der Waals surface area contributed by atoms with E-state index in [1.54, 1.807) is 17.2 Å². The lowest BCUT2D eigenvalue weighted by Crippen LogP contribution is -2.40. The molecule has 34 heavy (non-hydrogen) atoms. The molecule has 1 atom stereocenters. The minimum absolute atomic E-state index is 0.158. The number of H-pyrrole nitrogens is 1. The van der Waals surface area contributed by atoms with Crippen LogP contribution in [0.25, 0.3) is 10.9 Å². The number of aryl methyl sites for hydroxylation is 1. The second kappa shape index (κ2) is 9.89. The molecule has 7 nitrogen and oxygen atoms in total. The Morgan fingerprint density at radius 2 is 1.97 bits per heavy atom. The highest BCUT2D eigenvalue weighted by molar-refractivity contribution is 6.31. The lowest BCUT2D eigenvalue weighted by atomic mass is 9.92. The number of halogens is 1. The summed E-state index contributed by atoms with van der Waals surface area (Å²) in [6, 6.07) is 13.9. The Morgan fingerprint density at radius 1 is 1.18 bits per heavy atom. The zero-order valence-electron chi connectivity index (χ0n) is 19.2. The Kier molecular flexibility index (Phi) is 6.54. The van der Waals surface area contributed by atoms with E-state index in [4.69, 9.17) is 16.3 Å². The number of fused-ring (bicyclic) bond motifs is 3. The van der Waals surface area contributed by atoms with Crippen LogP contribution in [0.5, 0.6) is 5.75 Å². The lowest BCUT2D eigenvalue weighted by Gasteiger charge is -2.36. The molecule has 0 saturated carbocycles. The number of ether oxygens (including phenoxy) is 1. The average molecular weight is 478 g/mol. The number of nitrogens with one attached hydrogen (secondary N) is 1. The molecule has 1 amide bonds. The van der Waals surface area contributed by atoms with Gasteiger partial charge < -0.3 is 14.6 Å². The van der Waals surface area contributed by atoms with Crippen molar-refractivity contribution in [1.82, 2.24) is 24.9 Å². The molecule has 5 rings (SSSR count). The molecule has 0 saturated heterocycles. The fourth-order valence-corrected chi connectivity index (χ4v) is 4.91. The highest BCUT2D eigenvalue weighted by Crippen LogP contribution is 2.39. The van der Waals surface area contributed by atoms with Gasteiger partial charge in [0.1, 0.15) is 5.75 Å². The number of nitrogens with zero attached hydrogens (tertiary/aromatic N) is 4. The van der Waals surface area contributed by atoms with Crippen LogP contribution in [-0.4, -0.2) is 43.9 Å². The number of aromatic amines is 1. The molecule has 0 radical (unpaired) electrons. The van der Waals surface area contributed by atoms with Gasteiger partial charge in [0.2, 0.25) is 5.91 Å². The normalized spacial score (nSPS) is 15.5. The Morgan fingerprint density at radius 3 is 2.74 bits per heavy atom. The van der Waals surface area contributed by atoms with Crippen molar-refractivity contribution in [1.29, 1.82) is 0 Å². The molecule has 3 heterocycles. The summed E-state index contributed by atoms with van der Waals surface area (Å²) in [7, 11) is 0. The predicted octanol–water partition coefficient (Wildman–Crippen LogP) is 5.16. The van der Waals surface area contributed by atoms with Crippen molar-refractivity contribution in [2.45, 2.75) is 45.2 Å². The molecule has 0 fully saturated rings. The number of carbonyl (C=O) groups excluding carboxylic acids is 1. The minimum Gasteiger partial charge on any atom is -0.494 e. The number of carbonyl (C=O) groups is 1. The summed E-state index contributed by atoms with van der Waals surface area (Å²) in [6.07, 6.45) is 6.36. The van der Waals surface area contributed by atoms with Gasteiger partial charge in [-0.05, 0) is 54.3 Å². The largest absolute Gasteiger partial charge is 0.494 e. The third-order valence-corrected chi connectivity index (χ3v) is 6.54. The molecule has 4 aromatic rings. The third kappa shape index (κ3) is 4.53. The van der Waals surface area contributed by atoms with Gasteiger partial charge in [0.05, 0.1) is 31.6 Å². The standard InChI is InChI=1S/C26H28ClN5O2/c1-2-4-24(33)31-15-11-21-22-17-19(27)7-10-23(22)30-25(21)26(31)18-5-8-20(9-6-18)34-16-3-14-32-28-12-13-29-32/h5-10,12-13,17,26,30H,2-4,11,14-16H2,1H3. The van der Waals surface area contributed by atoms with Gasteiger partial charge in [0.15, 0.2) is 0 Å². The smallest absolute Gasteiger partial charge is 0.223 e. The molecule has 176 valence electrons. The maximum Gasteiger partial charge on any atom is 0.223 e. The zero-order valence-corrected chi connectivity index (χ0v) is 20.0. The summed E-state index contributed by atoms with van der Waals surface area (Å²) in [5, 5.41) is 10.1. The van der Waals surface area contributed by atoms with Crippen LogP contribution in [0.4, 0.5) is 0 Å². The summed E-state index contributed by atoms with van der Waals surface area (Å²) in [6.45, 7) is 4.03. The quantitative estimate of drug-likeness (QED) is 0.356. The highest BCUT2D eigenvalue weighted by atomic mass is 35.5. The molecule has 2 aromatic heterocycles. The first-order valence-corrected chi connectivity index (χ1v) is 12.2. The van der Waals surface area contributed by atoms with E-state index in [-0.39, 0.29) is 11.9 Å². The summed E-state index contributed by atoms with van der Waals surface area (Å²) < 4.78 is 5.92. The SMILES string of the molecule is CCCC(=O)N1CCc2c([nH]c3ccc(Cl)cc23)C1c1ccc(OCCCn2nccn2)cc1. The van der Waals surface area contributed by atoms with E-state index in [1.807, 2.05) is 42.2 Å². The first kappa shape index (κ1) is 22.5. The van der Waals surface area contributed by atoms with E-state index in [1.165, 1.54) is 5.56 Å². The van der Waals surface area contributed by atoms with Crippen molar-refractivity contribution < 1.29 is 9.53 Å². The van der Waals surface area contributed by atoms with Crippen molar-refractivity contribution in [2.75, 3.05) is 13.2 Å². The van der Waals surface area contributed by atoms with Gasteiger partial charge in [0.25, 0.3) is 0 Å². The number of rotatable bonds is 8. The van der Waals surface area contributed by atoms with E-state index in [0.29, 0.717) is 19.6 Å². The fourth-order valence-electron chi connectivity index (χ4n) is 4.73. The number of amides is 1. The van der Waals surface area contributed by atoms with Crippen LogP contribution in [0.15, 0.2) is 54.9 Å².